The molecular formula is C27H29N3O4S. The number of hydrogen-bond donors (Lipinski definition) is 1. The van der Waals surface area contributed by atoms with Gasteiger partial charge >= 0.3 is 6.03 Å². The summed E-state index contributed by atoms with van der Waals surface area (Å²) in [6.45, 7) is 8.98. The SMILES string of the molecule is C=CCN(CC(=O)N(Cc1ccc2c(c1)OCO2)Cc1cccs1)C(=O)Nc1ccc(C)c(C)c1. The van der Waals surface area contributed by atoms with Gasteiger partial charge in [0.05, 0.1) is 6.54 Å². The molecule has 2 heterocycles. The van der Waals surface area contributed by atoms with Crippen LogP contribution in [0.1, 0.15) is 21.6 Å². The Balaban J connectivity index is 1.49. The highest BCUT2D eigenvalue weighted by Gasteiger charge is 2.23. The number of ether oxygens (including phenoxy) is 2. The molecule has 4 rings (SSSR count). The molecule has 3 amide bonds. The van der Waals surface area contributed by atoms with Gasteiger partial charge in [-0.05, 0) is 66.2 Å². The largest absolute Gasteiger partial charge is 0.454 e. The maximum Gasteiger partial charge on any atom is 0.322 e. The van der Waals surface area contributed by atoms with Crippen LogP contribution in [-0.4, -0.2) is 41.6 Å². The smallest absolute Gasteiger partial charge is 0.322 e. The van der Waals surface area contributed by atoms with Crippen LogP contribution < -0.4 is 14.8 Å². The van der Waals surface area contributed by atoms with Crippen molar-refractivity contribution in [1.82, 2.24) is 9.80 Å². The van der Waals surface area contributed by atoms with Crippen LogP contribution in [0, 0.1) is 13.8 Å². The maximum atomic E-state index is 13.5. The van der Waals surface area contributed by atoms with Gasteiger partial charge in [-0.3, -0.25) is 4.79 Å². The molecule has 0 aliphatic carbocycles. The van der Waals surface area contributed by atoms with Crippen molar-refractivity contribution in [3.8, 4) is 11.5 Å². The van der Waals surface area contributed by atoms with Crippen molar-refractivity contribution in [2.24, 2.45) is 0 Å². The van der Waals surface area contributed by atoms with E-state index in [1.807, 2.05) is 67.8 Å². The first kappa shape index (κ1) is 24.3. The number of aryl methyl sites for hydroxylation is 2. The Labute approximate surface area is 209 Å². The molecule has 0 saturated carbocycles. The van der Waals surface area contributed by atoms with Crippen molar-refractivity contribution in [3.63, 3.8) is 0 Å². The number of rotatable bonds is 9. The lowest BCUT2D eigenvalue weighted by Gasteiger charge is -2.27. The lowest BCUT2D eigenvalue weighted by Crippen LogP contribution is -2.44. The number of nitrogens with zero attached hydrogens (tertiary/aromatic N) is 2. The normalized spacial score (nSPS) is 11.7. The topological polar surface area (TPSA) is 71.1 Å². The number of hydrogen-bond acceptors (Lipinski definition) is 5. The minimum absolute atomic E-state index is 0.0708. The third-order valence-corrected chi connectivity index (χ3v) is 6.67. The third kappa shape index (κ3) is 6.22. The fourth-order valence-electron chi connectivity index (χ4n) is 3.74. The van der Waals surface area contributed by atoms with Crippen LogP contribution >= 0.6 is 11.3 Å². The van der Waals surface area contributed by atoms with Gasteiger partial charge in [0.15, 0.2) is 11.5 Å². The predicted octanol–water partition coefficient (Wildman–Crippen LogP) is 5.34. The Morgan fingerprint density at radius 3 is 2.60 bits per heavy atom. The molecule has 0 fully saturated rings. The lowest BCUT2D eigenvalue weighted by molar-refractivity contribution is -0.132. The summed E-state index contributed by atoms with van der Waals surface area (Å²) in [6, 6.07) is 15.0. The number of benzene rings is 2. The molecule has 0 saturated heterocycles. The molecule has 8 heteroatoms. The summed E-state index contributed by atoms with van der Waals surface area (Å²) in [6.07, 6.45) is 1.62. The number of carbonyl (C=O) groups is 2. The molecule has 3 aromatic rings. The Morgan fingerprint density at radius 2 is 1.86 bits per heavy atom. The minimum atomic E-state index is -0.347. The van der Waals surface area contributed by atoms with E-state index < -0.39 is 0 Å². The van der Waals surface area contributed by atoms with Crippen molar-refractivity contribution < 1.29 is 19.1 Å². The summed E-state index contributed by atoms with van der Waals surface area (Å²) in [5.41, 5.74) is 3.85. The molecule has 1 aliphatic heterocycles. The third-order valence-electron chi connectivity index (χ3n) is 5.81. The van der Waals surface area contributed by atoms with Crippen molar-refractivity contribution in [2.45, 2.75) is 26.9 Å². The fourth-order valence-corrected chi connectivity index (χ4v) is 4.46. The molecule has 0 bridgehead atoms. The molecule has 35 heavy (non-hydrogen) atoms. The van der Waals surface area contributed by atoms with Crippen LogP contribution in [0.5, 0.6) is 11.5 Å². The number of carbonyl (C=O) groups excluding carboxylic acids is 2. The number of amides is 3. The van der Waals surface area contributed by atoms with E-state index >= 15 is 0 Å². The average molecular weight is 492 g/mol. The average Bonchev–Trinajstić information content (AvgIpc) is 3.52. The molecule has 0 radical (unpaired) electrons. The van der Waals surface area contributed by atoms with Crippen LogP contribution in [-0.2, 0) is 17.9 Å². The van der Waals surface area contributed by atoms with Gasteiger partial charge < -0.3 is 24.6 Å². The van der Waals surface area contributed by atoms with Crippen LogP contribution in [0.15, 0.2) is 66.6 Å². The van der Waals surface area contributed by atoms with Crippen molar-refractivity contribution in [1.29, 1.82) is 0 Å². The molecular weight excluding hydrogens is 462 g/mol. The molecule has 0 atom stereocenters. The second-order valence-corrected chi connectivity index (χ2v) is 9.45. The number of thiophene rings is 1. The van der Waals surface area contributed by atoms with E-state index in [1.54, 1.807) is 22.3 Å². The predicted molar refractivity (Wildman–Crippen MR) is 138 cm³/mol. The van der Waals surface area contributed by atoms with Crippen LogP contribution in [0.25, 0.3) is 0 Å². The van der Waals surface area contributed by atoms with E-state index in [4.69, 9.17) is 9.47 Å². The molecule has 1 aromatic heterocycles. The zero-order valence-electron chi connectivity index (χ0n) is 20.0. The van der Waals surface area contributed by atoms with Gasteiger partial charge in [0, 0.05) is 23.7 Å². The monoisotopic (exact) mass is 491 g/mol. The van der Waals surface area contributed by atoms with Crippen LogP contribution in [0.3, 0.4) is 0 Å². The highest BCUT2D eigenvalue weighted by Crippen LogP contribution is 2.33. The Morgan fingerprint density at radius 1 is 1.03 bits per heavy atom. The van der Waals surface area contributed by atoms with E-state index in [-0.39, 0.29) is 31.8 Å². The van der Waals surface area contributed by atoms with Crippen molar-refractivity contribution >= 4 is 29.0 Å². The highest BCUT2D eigenvalue weighted by atomic mass is 32.1. The van der Waals surface area contributed by atoms with E-state index in [0.717, 1.165) is 21.6 Å². The van der Waals surface area contributed by atoms with E-state index in [0.29, 0.717) is 30.3 Å². The number of urea groups is 1. The summed E-state index contributed by atoms with van der Waals surface area (Å²) in [5.74, 6) is 1.21. The fraction of sp³-hybridized carbons (Fsp3) is 0.259. The molecule has 1 N–H and O–H groups in total. The van der Waals surface area contributed by atoms with Gasteiger partial charge in [-0.2, -0.15) is 0 Å². The second-order valence-electron chi connectivity index (χ2n) is 8.42. The summed E-state index contributed by atoms with van der Waals surface area (Å²) in [5, 5.41) is 4.89. The summed E-state index contributed by atoms with van der Waals surface area (Å²) in [7, 11) is 0. The van der Waals surface area contributed by atoms with Crippen LogP contribution in [0.4, 0.5) is 10.5 Å². The number of nitrogens with one attached hydrogen (secondary N) is 1. The van der Waals surface area contributed by atoms with Crippen molar-refractivity contribution in [2.75, 3.05) is 25.2 Å². The van der Waals surface area contributed by atoms with Gasteiger partial charge in [0.2, 0.25) is 12.7 Å². The number of anilines is 1. The van der Waals surface area contributed by atoms with E-state index in [1.165, 1.54) is 4.90 Å². The van der Waals surface area contributed by atoms with E-state index in [9.17, 15) is 9.59 Å². The quantitative estimate of drug-likeness (QED) is 0.410. The Kier molecular flexibility index (Phi) is 7.72. The summed E-state index contributed by atoms with van der Waals surface area (Å²) in [4.78, 5) is 30.8. The van der Waals surface area contributed by atoms with Gasteiger partial charge in [0.1, 0.15) is 6.54 Å². The molecule has 2 aromatic carbocycles. The minimum Gasteiger partial charge on any atom is -0.454 e. The summed E-state index contributed by atoms with van der Waals surface area (Å²) >= 11 is 1.59. The first-order chi connectivity index (χ1) is 16.9. The highest BCUT2D eigenvalue weighted by molar-refractivity contribution is 7.09. The number of fused-ring (bicyclic) bond motifs is 1. The molecule has 182 valence electrons. The van der Waals surface area contributed by atoms with Gasteiger partial charge in [0.25, 0.3) is 0 Å². The molecule has 0 spiro atoms. The lowest BCUT2D eigenvalue weighted by atomic mass is 10.1. The van der Waals surface area contributed by atoms with Crippen LogP contribution in [0.2, 0.25) is 0 Å². The zero-order chi connectivity index (χ0) is 24.8. The Bertz CT molecular complexity index is 1210. The summed E-state index contributed by atoms with van der Waals surface area (Å²) < 4.78 is 10.9. The Hall–Kier alpha value is -3.78. The molecule has 0 unspecified atom stereocenters. The van der Waals surface area contributed by atoms with Gasteiger partial charge in [-0.25, -0.2) is 4.79 Å². The van der Waals surface area contributed by atoms with E-state index in [2.05, 4.69) is 11.9 Å². The standard InChI is InChI=1S/C27H29N3O4S/c1-4-11-29(27(32)28-22-9-7-19(2)20(3)13-22)17-26(31)30(16-23-6-5-12-35-23)15-21-8-10-24-25(14-21)34-18-33-24/h4-10,12-14H,1,11,15-18H2,2-3H3,(H,28,32). The molecule has 1 aliphatic rings. The first-order valence-electron chi connectivity index (χ1n) is 11.4. The van der Waals surface area contributed by atoms with Crippen molar-refractivity contribution in [3.05, 3.63) is 88.1 Å². The zero-order valence-corrected chi connectivity index (χ0v) is 20.8. The van der Waals surface area contributed by atoms with Gasteiger partial charge in [-0.1, -0.05) is 24.3 Å². The second kappa shape index (κ2) is 11.1. The van der Waals surface area contributed by atoms with Gasteiger partial charge in [-0.15, -0.1) is 17.9 Å². The maximum absolute atomic E-state index is 13.5. The first-order valence-corrected chi connectivity index (χ1v) is 12.2. The molecule has 7 nitrogen and oxygen atoms in total.